The topological polar surface area (TPSA) is 79.3 Å². The Labute approximate surface area is 137 Å². The van der Waals surface area contributed by atoms with Gasteiger partial charge in [-0.1, -0.05) is 26.0 Å². The first-order valence-electron chi connectivity index (χ1n) is 7.09. The van der Waals surface area contributed by atoms with E-state index in [2.05, 4.69) is 10.3 Å². The molecule has 0 aliphatic rings. The predicted octanol–water partition coefficient (Wildman–Crippen LogP) is 2.72. The Balaban J connectivity index is 2.04. The Morgan fingerprint density at radius 1 is 1.39 bits per heavy atom. The van der Waals surface area contributed by atoms with Crippen molar-refractivity contribution in [1.29, 1.82) is 0 Å². The van der Waals surface area contributed by atoms with Crippen LogP contribution in [0.25, 0.3) is 10.6 Å². The molecule has 0 radical (unpaired) electrons. The SMILES string of the molecule is CC(C)[C@@H](NC(=O)Cc1csc(-c2cccc(F)c2)n1)C(=O)O. The summed E-state index contributed by atoms with van der Waals surface area (Å²) >= 11 is 1.31. The van der Waals surface area contributed by atoms with E-state index in [1.165, 1.54) is 23.5 Å². The number of aliphatic carboxylic acids is 1. The van der Waals surface area contributed by atoms with Crippen LogP contribution in [0.3, 0.4) is 0 Å². The van der Waals surface area contributed by atoms with E-state index in [1.54, 1.807) is 31.4 Å². The Kier molecular flexibility index (Phi) is 5.44. The summed E-state index contributed by atoms with van der Waals surface area (Å²) in [6.45, 7) is 3.45. The van der Waals surface area contributed by atoms with E-state index in [9.17, 15) is 14.0 Å². The highest BCUT2D eigenvalue weighted by Crippen LogP contribution is 2.24. The van der Waals surface area contributed by atoms with Gasteiger partial charge in [-0.05, 0) is 18.1 Å². The second-order valence-electron chi connectivity index (χ2n) is 5.46. The van der Waals surface area contributed by atoms with Crippen LogP contribution in [0.4, 0.5) is 4.39 Å². The van der Waals surface area contributed by atoms with Gasteiger partial charge in [0.2, 0.25) is 5.91 Å². The first-order chi connectivity index (χ1) is 10.9. The van der Waals surface area contributed by atoms with Crippen molar-refractivity contribution in [2.75, 3.05) is 0 Å². The van der Waals surface area contributed by atoms with Crippen LogP contribution >= 0.6 is 11.3 Å². The fourth-order valence-corrected chi connectivity index (χ4v) is 2.86. The summed E-state index contributed by atoms with van der Waals surface area (Å²) < 4.78 is 13.2. The van der Waals surface area contributed by atoms with E-state index in [4.69, 9.17) is 5.11 Å². The van der Waals surface area contributed by atoms with Crippen molar-refractivity contribution in [3.05, 3.63) is 41.2 Å². The normalized spacial score (nSPS) is 12.2. The molecule has 2 N–H and O–H groups in total. The minimum absolute atomic E-state index is 0.0116. The molecule has 1 heterocycles. The summed E-state index contributed by atoms with van der Waals surface area (Å²) in [6, 6.07) is 5.14. The average Bonchev–Trinajstić information content (AvgIpc) is 2.92. The van der Waals surface area contributed by atoms with Gasteiger partial charge in [-0.2, -0.15) is 0 Å². The number of amides is 1. The van der Waals surface area contributed by atoms with Crippen molar-refractivity contribution in [3.63, 3.8) is 0 Å². The highest BCUT2D eigenvalue weighted by molar-refractivity contribution is 7.13. The van der Waals surface area contributed by atoms with Gasteiger partial charge >= 0.3 is 5.97 Å². The Morgan fingerprint density at radius 2 is 2.13 bits per heavy atom. The number of thiazole rings is 1. The highest BCUT2D eigenvalue weighted by Gasteiger charge is 2.23. The molecule has 1 aromatic heterocycles. The number of halogens is 1. The zero-order chi connectivity index (χ0) is 17.0. The van der Waals surface area contributed by atoms with Gasteiger partial charge in [0, 0.05) is 10.9 Å². The summed E-state index contributed by atoms with van der Waals surface area (Å²) in [7, 11) is 0. The summed E-state index contributed by atoms with van der Waals surface area (Å²) in [6.07, 6.45) is -0.0116. The highest BCUT2D eigenvalue weighted by atomic mass is 32.1. The summed E-state index contributed by atoms with van der Waals surface area (Å²) in [5, 5.41) is 13.9. The fourth-order valence-electron chi connectivity index (χ4n) is 2.04. The number of hydrogen-bond acceptors (Lipinski definition) is 4. The number of aromatic nitrogens is 1. The molecule has 0 aliphatic heterocycles. The third-order valence-corrected chi connectivity index (χ3v) is 4.15. The molecule has 0 saturated heterocycles. The van der Waals surface area contributed by atoms with E-state index in [0.29, 0.717) is 16.3 Å². The molecule has 2 aromatic rings. The van der Waals surface area contributed by atoms with Crippen molar-refractivity contribution in [2.24, 2.45) is 5.92 Å². The van der Waals surface area contributed by atoms with Gasteiger partial charge in [-0.15, -0.1) is 11.3 Å². The van der Waals surface area contributed by atoms with Crippen molar-refractivity contribution in [2.45, 2.75) is 26.3 Å². The lowest BCUT2D eigenvalue weighted by atomic mass is 10.0. The molecule has 122 valence electrons. The Morgan fingerprint density at radius 3 is 2.74 bits per heavy atom. The molecule has 0 unspecified atom stereocenters. The van der Waals surface area contributed by atoms with Crippen LogP contribution in [0.5, 0.6) is 0 Å². The van der Waals surface area contributed by atoms with Gasteiger partial charge < -0.3 is 10.4 Å². The lowest BCUT2D eigenvalue weighted by Crippen LogP contribution is -2.44. The number of carbonyl (C=O) groups is 2. The second-order valence-corrected chi connectivity index (χ2v) is 6.32. The van der Waals surface area contributed by atoms with Crippen LogP contribution in [0.1, 0.15) is 19.5 Å². The zero-order valence-corrected chi connectivity index (χ0v) is 13.6. The Bertz CT molecular complexity index is 715. The van der Waals surface area contributed by atoms with Gasteiger partial charge in [0.05, 0.1) is 12.1 Å². The average molecular weight is 336 g/mol. The van der Waals surface area contributed by atoms with Gasteiger partial charge in [0.1, 0.15) is 16.9 Å². The van der Waals surface area contributed by atoms with Crippen LogP contribution in [-0.4, -0.2) is 28.0 Å². The molecule has 5 nitrogen and oxygen atoms in total. The minimum atomic E-state index is -1.06. The minimum Gasteiger partial charge on any atom is -0.480 e. The van der Waals surface area contributed by atoms with Crippen LogP contribution in [0, 0.1) is 11.7 Å². The van der Waals surface area contributed by atoms with Gasteiger partial charge in [-0.25, -0.2) is 14.2 Å². The van der Waals surface area contributed by atoms with Gasteiger partial charge in [0.25, 0.3) is 0 Å². The molecule has 0 bridgehead atoms. The molecule has 0 fully saturated rings. The molecule has 0 spiro atoms. The smallest absolute Gasteiger partial charge is 0.326 e. The first-order valence-corrected chi connectivity index (χ1v) is 7.97. The molecule has 0 saturated carbocycles. The van der Waals surface area contributed by atoms with Crippen LogP contribution in [0.15, 0.2) is 29.6 Å². The van der Waals surface area contributed by atoms with Gasteiger partial charge in [-0.3, -0.25) is 4.79 Å². The standard InChI is InChI=1S/C16H17FN2O3S/c1-9(2)14(16(21)22)19-13(20)7-12-8-23-15(18-12)10-4-3-5-11(17)6-10/h3-6,8-9,14H,7H2,1-2H3,(H,19,20)(H,21,22)/t14-/m1/s1. The van der Waals surface area contributed by atoms with Gasteiger partial charge in [0.15, 0.2) is 0 Å². The van der Waals surface area contributed by atoms with Crippen molar-refractivity contribution >= 4 is 23.2 Å². The third-order valence-electron chi connectivity index (χ3n) is 3.21. The molecule has 1 amide bonds. The second kappa shape index (κ2) is 7.32. The number of benzene rings is 1. The monoisotopic (exact) mass is 336 g/mol. The number of carbonyl (C=O) groups excluding carboxylic acids is 1. The summed E-state index contributed by atoms with van der Waals surface area (Å²) in [5.41, 5.74) is 1.17. The Hall–Kier alpha value is -2.28. The quantitative estimate of drug-likeness (QED) is 0.850. The van der Waals surface area contributed by atoms with Crippen LogP contribution < -0.4 is 5.32 Å². The summed E-state index contributed by atoms with van der Waals surface area (Å²) in [5.74, 6) is -2.03. The van der Waals surface area contributed by atoms with Crippen molar-refractivity contribution in [3.8, 4) is 10.6 Å². The maximum absolute atomic E-state index is 13.2. The number of rotatable bonds is 6. The summed E-state index contributed by atoms with van der Waals surface area (Å²) in [4.78, 5) is 27.4. The number of nitrogens with one attached hydrogen (secondary N) is 1. The lowest BCUT2D eigenvalue weighted by Gasteiger charge is -2.17. The molecule has 0 aliphatic carbocycles. The zero-order valence-electron chi connectivity index (χ0n) is 12.7. The fraction of sp³-hybridized carbons (Fsp3) is 0.312. The maximum atomic E-state index is 13.2. The van der Waals surface area contributed by atoms with E-state index in [0.717, 1.165) is 0 Å². The van der Waals surface area contributed by atoms with E-state index >= 15 is 0 Å². The molecule has 1 aromatic carbocycles. The molecule has 23 heavy (non-hydrogen) atoms. The molecule has 1 atom stereocenters. The number of nitrogens with zero attached hydrogens (tertiary/aromatic N) is 1. The van der Waals surface area contributed by atoms with Crippen LogP contribution in [0.2, 0.25) is 0 Å². The third kappa shape index (κ3) is 4.59. The number of carboxylic acid groups (broad SMARTS) is 1. The molecule has 2 rings (SSSR count). The lowest BCUT2D eigenvalue weighted by molar-refractivity contribution is -0.143. The van der Waals surface area contributed by atoms with E-state index in [-0.39, 0.29) is 18.2 Å². The largest absolute Gasteiger partial charge is 0.480 e. The first kappa shape index (κ1) is 17.1. The van der Waals surface area contributed by atoms with E-state index in [1.807, 2.05) is 0 Å². The maximum Gasteiger partial charge on any atom is 0.326 e. The van der Waals surface area contributed by atoms with Crippen molar-refractivity contribution < 1.29 is 19.1 Å². The predicted molar refractivity (Wildman–Crippen MR) is 85.6 cm³/mol. The number of carboxylic acids is 1. The van der Waals surface area contributed by atoms with Crippen molar-refractivity contribution in [1.82, 2.24) is 10.3 Å². The molecular formula is C16H17FN2O3S. The number of hydrogen-bond donors (Lipinski definition) is 2. The van der Waals surface area contributed by atoms with Crippen LogP contribution in [-0.2, 0) is 16.0 Å². The van der Waals surface area contributed by atoms with E-state index < -0.39 is 17.9 Å². The molecular weight excluding hydrogens is 319 g/mol. The molecule has 7 heteroatoms.